The molecule has 1 radical (unpaired) electrons. The van der Waals surface area contributed by atoms with Crippen molar-refractivity contribution in [2.45, 2.75) is 18.6 Å². The van der Waals surface area contributed by atoms with Gasteiger partial charge in [-0.05, 0) is 34.6 Å². The molecular weight excluding hydrogens is 264 g/mol. The lowest BCUT2D eigenvalue weighted by Gasteiger charge is -1.98. The van der Waals surface area contributed by atoms with Crippen LogP contribution in [0.2, 0.25) is 12.1 Å². The van der Waals surface area contributed by atoms with Gasteiger partial charge in [-0.25, -0.2) is 0 Å². The molecule has 1 aliphatic heterocycles. The molecule has 0 unspecified atom stereocenters. The smallest absolute Gasteiger partial charge is 0.268 e. The molecule has 0 N–H and O–H groups in total. The number of halogens is 3. The van der Waals surface area contributed by atoms with Gasteiger partial charge in [0.1, 0.15) is 7.28 Å². The first-order chi connectivity index (χ1) is 5.11. The van der Waals surface area contributed by atoms with Crippen LogP contribution in [0.15, 0.2) is 11.7 Å². The van der Waals surface area contributed by atoms with E-state index in [1.165, 1.54) is 0 Å². The quantitative estimate of drug-likeness (QED) is 0.406. The summed E-state index contributed by atoms with van der Waals surface area (Å²) in [5, 5.41) is 0. The van der Waals surface area contributed by atoms with Crippen LogP contribution in [0.3, 0.4) is 0 Å². The van der Waals surface area contributed by atoms with E-state index in [0.717, 1.165) is 0 Å². The lowest BCUT2D eigenvalue weighted by Crippen LogP contribution is -2.01. The molecule has 0 aromatic carbocycles. The lowest BCUT2D eigenvalue weighted by atomic mass is 9.68. The molecule has 0 aromatic rings. The van der Waals surface area contributed by atoms with Crippen LogP contribution in [-0.2, 0) is 4.79 Å². The molecule has 59 valence electrons. The highest BCUT2D eigenvalue weighted by atomic mass is 127. The number of rotatable bonds is 1. The Bertz CT molecular complexity index is 213. The van der Waals surface area contributed by atoms with Gasteiger partial charge in [0.15, 0.2) is 3.79 Å². The summed E-state index contributed by atoms with van der Waals surface area (Å²) in [6, 6.07) is 0. The molecule has 1 fully saturated rings. The Morgan fingerprint density at radius 3 is 2.55 bits per heavy atom. The van der Waals surface area contributed by atoms with Crippen LogP contribution in [0, 0.1) is 0 Å². The Morgan fingerprint density at radius 2 is 2.27 bits per heavy atom. The Labute approximate surface area is 77.6 Å². The first-order valence-corrected chi connectivity index (χ1v) is 4.25. The zero-order valence-electron chi connectivity index (χ0n) is 5.61. The first kappa shape index (κ1) is 9.16. The molecule has 1 nitrogen and oxygen atoms in total. The Morgan fingerprint density at radius 1 is 1.64 bits per heavy atom. The summed E-state index contributed by atoms with van der Waals surface area (Å²) in [6.45, 7) is 0. The van der Waals surface area contributed by atoms with Crippen LogP contribution >= 0.6 is 22.6 Å². The molecule has 0 aromatic heterocycles. The summed E-state index contributed by atoms with van der Waals surface area (Å²) in [6.07, 6.45) is -1.15. The summed E-state index contributed by atoms with van der Waals surface area (Å²) >= 11 is 1.64. The number of hydrogen-bond donors (Lipinski definition) is 0. The zero-order valence-corrected chi connectivity index (χ0v) is 7.77. The Balaban J connectivity index is 2.61. The third-order valence-corrected chi connectivity index (χ3v) is 2.47. The number of allylic oxidation sites excluding steroid dienone is 1. The molecule has 1 saturated heterocycles. The Hall–Kier alpha value is 0.0649. The monoisotopic (exact) mass is 269 g/mol. The highest BCUT2D eigenvalue weighted by molar-refractivity contribution is 14.1. The number of carbonyl (C=O) groups is 1. The SMILES string of the molecule is O=C(I)[C@H]1[B]CC(=C(F)F)C1. The molecule has 1 aliphatic rings. The average Bonchev–Trinajstić information content (AvgIpc) is 2.33. The van der Waals surface area contributed by atoms with Crippen molar-refractivity contribution in [2.24, 2.45) is 0 Å². The topological polar surface area (TPSA) is 17.1 Å². The van der Waals surface area contributed by atoms with Crippen LogP contribution in [0.5, 0.6) is 0 Å². The van der Waals surface area contributed by atoms with Crippen molar-refractivity contribution in [3.05, 3.63) is 11.7 Å². The molecule has 11 heavy (non-hydrogen) atoms. The van der Waals surface area contributed by atoms with Gasteiger partial charge in [0, 0.05) is 5.82 Å². The van der Waals surface area contributed by atoms with Gasteiger partial charge in [-0.3, -0.25) is 4.79 Å². The van der Waals surface area contributed by atoms with E-state index in [1.807, 2.05) is 0 Å². The molecule has 0 spiro atoms. The van der Waals surface area contributed by atoms with Crippen LogP contribution in [-0.4, -0.2) is 11.1 Å². The third-order valence-electron chi connectivity index (χ3n) is 1.67. The van der Waals surface area contributed by atoms with Crippen molar-refractivity contribution in [2.75, 3.05) is 0 Å². The van der Waals surface area contributed by atoms with Crippen LogP contribution in [0.25, 0.3) is 0 Å². The van der Waals surface area contributed by atoms with Crippen molar-refractivity contribution in [1.82, 2.24) is 0 Å². The van der Waals surface area contributed by atoms with Crippen molar-refractivity contribution >= 4 is 33.7 Å². The summed E-state index contributed by atoms with van der Waals surface area (Å²) in [4.78, 5) is 10.7. The standard InChI is InChI=1S/C6H5BF2IO/c8-5(9)3-1-4(6(10)11)7-2-3/h4H,1-2H2/t4-/m0/s1. The second kappa shape index (κ2) is 3.64. The highest BCUT2D eigenvalue weighted by Gasteiger charge is 2.27. The third kappa shape index (κ3) is 2.25. The maximum Gasteiger partial charge on any atom is 0.268 e. The van der Waals surface area contributed by atoms with E-state index in [-0.39, 0.29) is 27.9 Å². The van der Waals surface area contributed by atoms with E-state index in [2.05, 4.69) is 0 Å². The minimum absolute atomic E-state index is 0.0566. The second-order valence-electron chi connectivity index (χ2n) is 2.42. The van der Waals surface area contributed by atoms with Gasteiger partial charge in [-0.15, -0.1) is 0 Å². The van der Waals surface area contributed by atoms with E-state index >= 15 is 0 Å². The molecule has 0 saturated carbocycles. The summed E-state index contributed by atoms with van der Waals surface area (Å²) in [7, 11) is 1.64. The van der Waals surface area contributed by atoms with E-state index in [9.17, 15) is 13.6 Å². The average molecular weight is 269 g/mol. The van der Waals surface area contributed by atoms with Crippen molar-refractivity contribution < 1.29 is 13.6 Å². The van der Waals surface area contributed by atoms with Crippen LogP contribution in [0.4, 0.5) is 8.78 Å². The molecular formula is C6H5BF2IO. The van der Waals surface area contributed by atoms with E-state index in [0.29, 0.717) is 0 Å². The Kier molecular flexibility index (Phi) is 3.03. The van der Waals surface area contributed by atoms with Gasteiger partial charge in [0.2, 0.25) is 0 Å². The van der Waals surface area contributed by atoms with Crippen molar-refractivity contribution in [1.29, 1.82) is 0 Å². The van der Waals surface area contributed by atoms with Crippen molar-refractivity contribution in [3.8, 4) is 0 Å². The lowest BCUT2D eigenvalue weighted by molar-refractivity contribution is -0.109. The van der Waals surface area contributed by atoms with E-state index < -0.39 is 6.08 Å². The summed E-state index contributed by atoms with van der Waals surface area (Å²) in [5.74, 6) is -0.285. The first-order valence-electron chi connectivity index (χ1n) is 3.17. The minimum Gasteiger partial charge on any atom is -0.288 e. The van der Waals surface area contributed by atoms with E-state index in [4.69, 9.17) is 0 Å². The largest absolute Gasteiger partial charge is 0.288 e. The summed E-state index contributed by atoms with van der Waals surface area (Å²) in [5.41, 5.74) is 0.111. The van der Waals surface area contributed by atoms with Crippen LogP contribution < -0.4 is 0 Å². The number of carbonyl (C=O) groups excluding carboxylic acids is 1. The van der Waals surface area contributed by atoms with Crippen molar-refractivity contribution in [3.63, 3.8) is 0 Å². The molecule has 0 bridgehead atoms. The van der Waals surface area contributed by atoms with Gasteiger partial charge in [-0.2, -0.15) is 8.78 Å². The predicted molar refractivity (Wildman–Crippen MR) is 47.2 cm³/mol. The maximum absolute atomic E-state index is 11.9. The van der Waals surface area contributed by atoms with Crippen LogP contribution in [0.1, 0.15) is 6.42 Å². The van der Waals surface area contributed by atoms with E-state index in [1.54, 1.807) is 29.9 Å². The molecule has 1 atom stereocenters. The fourth-order valence-corrected chi connectivity index (χ4v) is 1.52. The second-order valence-corrected chi connectivity index (χ2v) is 3.48. The predicted octanol–water partition coefficient (Wildman–Crippen LogP) is 2.41. The summed E-state index contributed by atoms with van der Waals surface area (Å²) < 4.78 is 23.8. The fourth-order valence-electron chi connectivity index (χ4n) is 1.04. The zero-order chi connectivity index (χ0) is 8.43. The van der Waals surface area contributed by atoms with Gasteiger partial charge in [0.05, 0.1) is 0 Å². The maximum atomic E-state index is 11.9. The van der Waals surface area contributed by atoms with Gasteiger partial charge < -0.3 is 0 Å². The van der Waals surface area contributed by atoms with Gasteiger partial charge >= 0.3 is 0 Å². The molecule has 0 amide bonds. The highest BCUT2D eigenvalue weighted by Crippen LogP contribution is 2.34. The van der Waals surface area contributed by atoms with Gasteiger partial charge in [0.25, 0.3) is 6.08 Å². The molecule has 0 aliphatic carbocycles. The molecule has 5 heteroatoms. The minimum atomic E-state index is -1.62. The molecule has 1 rings (SSSR count). The molecule has 1 heterocycles. The number of hydrogen-bond acceptors (Lipinski definition) is 1. The normalized spacial score (nSPS) is 23.2. The van der Waals surface area contributed by atoms with Gasteiger partial charge in [-0.1, -0.05) is 6.32 Å². The fraction of sp³-hybridized carbons (Fsp3) is 0.500.